The summed E-state index contributed by atoms with van der Waals surface area (Å²) in [6.45, 7) is 1.24. The Morgan fingerprint density at radius 1 is 1.24 bits per heavy atom. The summed E-state index contributed by atoms with van der Waals surface area (Å²) < 4.78 is 1.56. The molecule has 7 heteroatoms. The molecule has 3 aliphatic rings. The molecule has 2 saturated carbocycles. The summed E-state index contributed by atoms with van der Waals surface area (Å²) in [6, 6.07) is 0.0631. The molecule has 4 rings (SSSR count). The summed E-state index contributed by atoms with van der Waals surface area (Å²) in [5.41, 5.74) is -0.0483. The molecule has 1 saturated heterocycles. The van der Waals surface area contributed by atoms with E-state index in [9.17, 15) is 9.59 Å². The van der Waals surface area contributed by atoms with Crippen molar-refractivity contribution in [2.24, 2.45) is 17.8 Å². The molecule has 1 aromatic heterocycles. The molecule has 2 heterocycles. The van der Waals surface area contributed by atoms with Gasteiger partial charge in [-0.05, 0) is 31.1 Å². The summed E-state index contributed by atoms with van der Waals surface area (Å²) in [7, 11) is 0. The van der Waals surface area contributed by atoms with Crippen molar-refractivity contribution < 1.29 is 14.7 Å². The molecule has 3 atom stereocenters. The van der Waals surface area contributed by atoms with Gasteiger partial charge in [-0.1, -0.05) is 11.6 Å². The lowest BCUT2D eigenvalue weighted by molar-refractivity contribution is -0.143. The van der Waals surface area contributed by atoms with E-state index in [0.29, 0.717) is 19.0 Å². The van der Waals surface area contributed by atoms with Crippen LogP contribution in [0.4, 0.5) is 0 Å². The van der Waals surface area contributed by atoms with E-state index >= 15 is 0 Å². The number of amides is 1. The van der Waals surface area contributed by atoms with Gasteiger partial charge in [0.1, 0.15) is 0 Å². The zero-order chi connectivity index (χ0) is 14.6. The third kappa shape index (κ3) is 2.02. The quantitative estimate of drug-likeness (QED) is 0.889. The van der Waals surface area contributed by atoms with Crippen LogP contribution >= 0.6 is 0 Å². The Kier molecular flexibility index (Phi) is 2.77. The van der Waals surface area contributed by atoms with E-state index in [0.717, 1.165) is 12.3 Å². The van der Waals surface area contributed by atoms with Crippen LogP contribution in [0.3, 0.4) is 0 Å². The second kappa shape index (κ2) is 4.54. The van der Waals surface area contributed by atoms with Crippen molar-refractivity contribution >= 4 is 11.9 Å². The van der Waals surface area contributed by atoms with Crippen molar-refractivity contribution in [3.63, 3.8) is 0 Å². The smallest absolute Gasteiger partial charge is 0.358 e. The lowest BCUT2D eigenvalue weighted by Crippen LogP contribution is -2.53. The number of likely N-dealkylation sites (tertiary alicyclic amines) is 1. The number of carbonyl (C=O) groups is 2. The minimum atomic E-state index is -1.07. The van der Waals surface area contributed by atoms with Crippen molar-refractivity contribution in [2.45, 2.75) is 31.7 Å². The second-order valence-corrected chi connectivity index (χ2v) is 6.57. The van der Waals surface area contributed by atoms with Gasteiger partial charge in [0.2, 0.25) is 5.91 Å². The fourth-order valence-electron chi connectivity index (χ4n) is 4.14. The number of rotatable bonds is 3. The highest BCUT2D eigenvalue weighted by molar-refractivity contribution is 5.84. The monoisotopic (exact) mass is 290 g/mol. The van der Waals surface area contributed by atoms with Crippen LogP contribution in [0.1, 0.15) is 42.2 Å². The molecule has 0 radical (unpaired) electrons. The lowest BCUT2D eigenvalue weighted by Gasteiger charge is -2.41. The Balaban J connectivity index is 1.36. The van der Waals surface area contributed by atoms with Gasteiger partial charge in [0, 0.05) is 19.0 Å². The van der Waals surface area contributed by atoms with Gasteiger partial charge in [-0.25, -0.2) is 9.48 Å². The molecule has 2 bridgehead atoms. The SMILES string of the molecule is O=C(O)c1cn(C2CN(C(=O)C3CC4CCC3C4)C2)nn1. The first-order valence-electron chi connectivity index (χ1n) is 7.55. The number of carboxylic acids is 1. The molecule has 1 aliphatic heterocycles. The normalized spacial score (nSPS) is 31.4. The highest BCUT2D eigenvalue weighted by Gasteiger charge is 2.46. The topological polar surface area (TPSA) is 88.3 Å². The fourth-order valence-corrected chi connectivity index (χ4v) is 4.14. The standard InChI is InChI=1S/C14H18N4O3/c19-13(11-4-8-1-2-9(11)3-8)17-5-10(6-17)18-7-12(14(20)21)15-16-18/h7-11H,1-6H2,(H,20,21). The maximum Gasteiger partial charge on any atom is 0.358 e. The number of hydrogen-bond acceptors (Lipinski definition) is 4. The molecule has 0 aromatic carbocycles. The van der Waals surface area contributed by atoms with Crippen LogP contribution in [-0.2, 0) is 4.79 Å². The van der Waals surface area contributed by atoms with Crippen molar-refractivity contribution in [1.29, 1.82) is 0 Å². The highest BCUT2D eigenvalue weighted by atomic mass is 16.4. The van der Waals surface area contributed by atoms with Crippen molar-refractivity contribution in [1.82, 2.24) is 19.9 Å². The Morgan fingerprint density at radius 3 is 2.62 bits per heavy atom. The van der Waals surface area contributed by atoms with Crippen molar-refractivity contribution in [3.05, 3.63) is 11.9 Å². The van der Waals surface area contributed by atoms with Gasteiger partial charge in [-0.15, -0.1) is 5.10 Å². The largest absolute Gasteiger partial charge is 0.476 e. The van der Waals surface area contributed by atoms with E-state index < -0.39 is 5.97 Å². The van der Waals surface area contributed by atoms with Crippen LogP contribution in [0, 0.1) is 17.8 Å². The fraction of sp³-hybridized carbons (Fsp3) is 0.714. The molecule has 0 spiro atoms. The molecule has 21 heavy (non-hydrogen) atoms. The number of nitrogens with zero attached hydrogens (tertiary/aromatic N) is 4. The van der Waals surface area contributed by atoms with Gasteiger partial charge in [-0.3, -0.25) is 4.79 Å². The van der Waals surface area contributed by atoms with Crippen LogP contribution in [-0.4, -0.2) is 50.0 Å². The molecule has 1 amide bonds. The van der Waals surface area contributed by atoms with Gasteiger partial charge < -0.3 is 10.0 Å². The predicted octanol–water partition coefficient (Wildman–Crippen LogP) is 0.796. The minimum absolute atomic E-state index is 0.0483. The third-order valence-corrected chi connectivity index (χ3v) is 5.33. The molecule has 7 nitrogen and oxygen atoms in total. The first-order chi connectivity index (χ1) is 10.1. The van der Waals surface area contributed by atoms with E-state index in [1.54, 1.807) is 4.68 Å². The molecule has 3 unspecified atom stereocenters. The molecule has 2 aliphatic carbocycles. The summed E-state index contributed by atoms with van der Waals surface area (Å²) in [5.74, 6) is 0.823. The number of hydrogen-bond donors (Lipinski definition) is 1. The molecule has 3 fully saturated rings. The van der Waals surface area contributed by atoms with E-state index in [4.69, 9.17) is 5.11 Å². The maximum atomic E-state index is 12.5. The van der Waals surface area contributed by atoms with Crippen LogP contribution in [0.15, 0.2) is 6.20 Å². The zero-order valence-corrected chi connectivity index (χ0v) is 11.7. The molecular formula is C14H18N4O3. The van der Waals surface area contributed by atoms with Gasteiger partial charge >= 0.3 is 5.97 Å². The third-order valence-electron chi connectivity index (χ3n) is 5.33. The van der Waals surface area contributed by atoms with Gasteiger partial charge in [0.25, 0.3) is 0 Å². The Morgan fingerprint density at radius 2 is 2.05 bits per heavy atom. The predicted molar refractivity (Wildman–Crippen MR) is 71.5 cm³/mol. The number of carboxylic acid groups (broad SMARTS) is 1. The average Bonchev–Trinajstić information content (AvgIpc) is 3.12. The molecule has 1 N–H and O–H groups in total. The molecule has 112 valence electrons. The van der Waals surface area contributed by atoms with Gasteiger partial charge in [-0.2, -0.15) is 0 Å². The first kappa shape index (κ1) is 12.8. The van der Waals surface area contributed by atoms with Crippen LogP contribution in [0.5, 0.6) is 0 Å². The Hall–Kier alpha value is -1.92. The van der Waals surface area contributed by atoms with E-state index in [1.165, 1.54) is 25.5 Å². The summed E-state index contributed by atoms with van der Waals surface area (Å²) in [5, 5.41) is 16.3. The van der Waals surface area contributed by atoms with E-state index in [2.05, 4.69) is 10.3 Å². The first-order valence-corrected chi connectivity index (χ1v) is 7.55. The van der Waals surface area contributed by atoms with E-state index in [1.807, 2.05) is 4.90 Å². The number of aromatic carboxylic acids is 1. The maximum absolute atomic E-state index is 12.5. The zero-order valence-electron chi connectivity index (χ0n) is 11.7. The van der Waals surface area contributed by atoms with Crippen LogP contribution in [0.2, 0.25) is 0 Å². The highest BCUT2D eigenvalue weighted by Crippen LogP contribution is 2.49. The minimum Gasteiger partial charge on any atom is -0.476 e. The van der Waals surface area contributed by atoms with Crippen LogP contribution in [0.25, 0.3) is 0 Å². The summed E-state index contributed by atoms with van der Waals surface area (Å²) >= 11 is 0. The number of aromatic nitrogens is 3. The van der Waals surface area contributed by atoms with Crippen LogP contribution < -0.4 is 0 Å². The van der Waals surface area contributed by atoms with Crippen molar-refractivity contribution in [3.8, 4) is 0 Å². The molecule has 1 aromatic rings. The Bertz CT molecular complexity index is 593. The molecular weight excluding hydrogens is 272 g/mol. The summed E-state index contributed by atoms with van der Waals surface area (Å²) in [4.78, 5) is 25.2. The second-order valence-electron chi connectivity index (χ2n) is 6.57. The average molecular weight is 290 g/mol. The number of carbonyl (C=O) groups excluding carboxylic acids is 1. The van der Waals surface area contributed by atoms with Gasteiger partial charge in [0.05, 0.1) is 12.2 Å². The van der Waals surface area contributed by atoms with E-state index in [-0.39, 0.29) is 23.6 Å². The summed E-state index contributed by atoms with van der Waals surface area (Å²) in [6.07, 6.45) is 6.25. The lowest BCUT2D eigenvalue weighted by atomic mass is 9.87. The Labute approximate surface area is 121 Å². The van der Waals surface area contributed by atoms with Gasteiger partial charge in [0.15, 0.2) is 5.69 Å². The number of fused-ring (bicyclic) bond motifs is 2. The van der Waals surface area contributed by atoms with Crippen molar-refractivity contribution in [2.75, 3.05) is 13.1 Å².